The lowest BCUT2D eigenvalue weighted by atomic mass is 9.81. The van der Waals surface area contributed by atoms with Gasteiger partial charge < -0.3 is 9.30 Å². The number of hydrogen-bond donors (Lipinski definition) is 0. The lowest BCUT2D eigenvalue weighted by Gasteiger charge is -2.29. The highest BCUT2D eigenvalue weighted by Crippen LogP contribution is 2.45. The van der Waals surface area contributed by atoms with Crippen molar-refractivity contribution in [3.63, 3.8) is 0 Å². The largest absolute Gasteiger partial charge is 0.465 e. The van der Waals surface area contributed by atoms with Gasteiger partial charge in [-0.25, -0.2) is 4.39 Å². The van der Waals surface area contributed by atoms with Gasteiger partial charge in [-0.2, -0.15) is 18.4 Å². The first kappa shape index (κ1) is 21.4. The van der Waals surface area contributed by atoms with Gasteiger partial charge in [0.2, 0.25) is 0 Å². The summed E-state index contributed by atoms with van der Waals surface area (Å²) in [5, 5.41) is 9.37. The second-order valence-electron chi connectivity index (χ2n) is 6.99. The van der Waals surface area contributed by atoms with Gasteiger partial charge in [0.25, 0.3) is 0 Å². The molecular formula is C22H18F4N2O2. The molecule has 1 unspecified atom stereocenters. The molecule has 2 aromatic carbocycles. The molecule has 0 N–H and O–H groups in total. The number of alkyl halides is 3. The Bertz CT molecular complexity index is 1140. The number of carbonyl (C=O) groups is 1. The molecule has 0 saturated carbocycles. The predicted octanol–water partition coefficient (Wildman–Crippen LogP) is 5.08. The minimum atomic E-state index is -4.93. The third-order valence-corrected chi connectivity index (χ3v) is 5.04. The smallest absolute Gasteiger partial charge is 0.408 e. The summed E-state index contributed by atoms with van der Waals surface area (Å²) in [5.74, 6) is -1.89. The number of nitriles is 1. The summed E-state index contributed by atoms with van der Waals surface area (Å²) >= 11 is 0. The fraction of sp³-hybridized carbons (Fsp3) is 0.273. The second-order valence-corrected chi connectivity index (χ2v) is 6.99. The van der Waals surface area contributed by atoms with E-state index in [1.165, 1.54) is 54.1 Å². The van der Waals surface area contributed by atoms with Crippen molar-refractivity contribution >= 4 is 16.9 Å². The summed E-state index contributed by atoms with van der Waals surface area (Å²) in [6.45, 7) is 2.07. The maximum atomic E-state index is 14.1. The molecule has 3 aromatic rings. The molecule has 1 atom stereocenters. The van der Waals surface area contributed by atoms with Crippen LogP contribution in [-0.4, -0.2) is 23.3 Å². The Balaban J connectivity index is 2.27. The van der Waals surface area contributed by atoms with Crippen LogP contribution in [0.1, 0.15) is 30.5 Å². The van der Waals surface area contributed by atoms with Gasteiger partial charge in [-0.1, -0.05) is 18.2 Å². The van der Waals surface area contributed by atoms with Crippen LogP contribution < -0.4 is 0 Å². The van der Waals surface area contributed by atoms with Gasteiger partial charge in [0.1, 0.15) is 5.82 Å². The van der Waals surface area contributed by atoms with Crippen molar-refractivity contribution in [1.29, 1.82) is 5.26 Å². The summed E-state index contributed by atoms with van der Waals surface area (Å²) in [6.07, 6.45) is -3.70. The van der Waals surface area contributed by atoms with Gasteiger partial charge in [0, 0.05) is 29.2 Å². The molecule has 1 aromatic heterocycles. The number of benzene rings is 2. The zero-order valence-corrected chi connectivity index (χ0v) is 16.3. The molecule has 4 nitrogen and oxygen atoms in total. The Hall–Kier alpha value is -3.34. The van der Waals surface area contributed by atoms with Crippen LogP contribution in [0, 0.1) is 17.1 Å². The van der Waals surface area contributed by atoms with Crippen molar-refractivity contribution < 1.29 is 27.1 Å². The molecule has 0 aliphatic rings. The van der Waals surface area contributed by atoms with E-state index in [0.717, 1.165) is 6.92 Å². The number of aromatic nitrogens is 1. The first-order chi connectivity index (χ1) is 14.1. The average molecular weight is 418 g/mol. The Morgan fingerprint density at radius 1 is 1.20 bits per heavy atom. The van der Waals surface area contributed by atoms with Gasteiger partial charge in [0.05, 0.1) is 18.2 Å². The fourth-order valence-corrected chi connectivity index (χ4v) is 3.38. The van der Waals surface area contributed by atoms with Crippen LogP contribution in [-0.2, 0) is 21.5 Å². The van der Waals surface area contributed by atoms with E-state index in [1.54, 1.807) is 6.07 Å². The number of nitrogens with zero attached hydrogens (tertiary/aromatic N) is 2. The van der Waals surface area contributed by atoms with Crippen LogP contribution in [0.25, 0.3) is 10.9 Å². The third kappa shape index (κ3) is 3.63. The normalized spacial score (nSPS) is 13.6. The highest BCUT2D eigenvalue weighted by molar-refractivity contribution is 5.94. The first-order valence-corrected chi connectivity index (χ1v) is 9.13. The van der Waals surface area contributed by atoms with Crippen LogP contribution in [0.5, 0.6) is 0 Å². The lowest BCUT2D eigenvalue weighted by molar-refractivity contribution is -0.205. The van der Waals surface area contributed by atoms with Crippen molar-refractivity contribution in [3.05, 3.63) is 71.2 Å². The van der Waals surface area contributed by atoms with Gasteiger partial charge in [-0.3, -0.25) is 4.79 Å². The molecule has 0 spiro atoms. The number of rotatable bonds is 5. The zero-order valence-electron chi connectivity index (χ0n) is 16.3. The highest BCUT2D eigenvalue weighted by Gasteiger charge is 2.60. The van der Waals surface area contributed by atoms with Crippen molar-refractivity contribution in [2.75, 3.05) is 6.61 Å². The zero-order chi connectivity index (χ0) is 22.1. The quantitative estimate of drug-likeness (QED) is 0.429. The van der Waals surface area contributed by atoms with E-state index in [4.69, 9.17) is 4.74 Å². The summed E-state index contributed by atoms with van der Waals surface area (Å²) in [6, 6.07) is 11.8. The van der Waals surface area contributed by atoms with E-state index in [9.17, 15) is 27.6 Å². The van der Waals surface area contributed by atoms with E-state index in [-0.39, 0.29) is 29.7 Å². The molecule has 0 bridgehead atoms. The maximum Gasteiger partial charge on any atom is 0.408 e. The molecule has 30 heavy (non-hydrogen) atoms. The molecule has 3 rings (SSSR count). The van der Waals surface area contributed by atoms with E-state index >= 15 is 0 Å². The molecule has 0 fully saturated rings. The Morgan fingerprint density at radius 3 is 2.53 bits per heavy atom. The van der Waals surface area contributed by atoms with Gasteiger partial charge in [0.15, 0.2) is 5.41 Å². The van der Waals surface area contributed by atoms with Crippen molar-refractivity contribution in [1.82, 2.24) is 4.57 Å². The Kier molecular flexibility index (Phi) is 5.57. The summed E-state index contributed by atoms with van der Waals surface area (Å²) < 4.78 is 62.2. The number of hydrogen-bond acceptors (Lipinski definition) is 3. The predicted molar refractivity (Wildman–Crippen MR) is 102 cm³/mol. The molecule has 156 valence electrons. The first-order valence-electron chi connectivity index (χ1n) is 9.13. The standard InChI is InChI=1S/C22H18F4N2O2/c1-3-30-20(29)21(2,22(24,25)26)18-13-28(12-15-5-4-6-16(23)9-15)19-10-14(11-27)7-8-17(18)19/h4-10,13H,3,12H2,1-2H3. The summed E-state index contributed by atoms with van der Waals surface area (Å²) in [4.78, 5) is 12.4. The monoisotopic (exact) mass is 418 g/mol. The Morgan fingerprint density at radius 2 is 1.93 bits per heavy atom. The highest BCUT2D eigenvalue weighted by atomic mass is 19.4. The van der Waals surface area contributed by atoms with Gasteiger partial charge in [-0.05, 0) is 43.7 Å². The lowest BCUT2D eigenvalue weighted by Crippen LogP contribution is -2.47. The molecule has 0 saturated heterocycles. The van der Waals surface area contributed by atoms with E-state index in [2.05, 4.69) is 0 Å². The maximum absolute atomic E-state index is 14.1. The summed E-state index contributed by atoms with van der Waals surface area (Å²) in [7, 11) is 0. The minimum absolute atomic E-state index is 0.0555. The number of esters is 1. The summed E-state index contributed by atoms with van der Waals surface area (Å²) in [5.41, 5.74) is -2.11. The molecule has 0 aliphatic heterocycles. The minimum Gasteiger partial charge on any atom is -0.465 e. The fourth-order valence-electron chi connectivity index (χ4n) is 3.38. The van der Waals surface area contributed by atoms with Crippen LogP contribution in [0.15, 0.2) is 48.7 Å². The number of ether oxygens (including phenoxy) is 1. The molecule has 8 heteroatoms. The van der Waals surface area contributed by atoms with Gasteiger partial charge >= 0.3 is 12.1 Å². The van der Waals surface area contributed by atoms with Crippen LogP contribution in [0.2, 0.25) is 0 Å². The van der Waals surface area contributed by atoms with Crippen molar-refractivity contribution in [2.45, 2.75) is 32.0 Å². The van der Waals surface area contributed by atoms with Gasteiger partial charge in [-0.15, -0.1) is 0 Å². The number of fused-ring (bicyclic) bond motifs is 1. The van der Waals surface area contributed by atoms with E-state index in [0.29, 0.717) is 11.1 Å². The number of carbonyl (C=O) groups excluding carboxylic acids is 1. The third-order valence-electron chi connectivity index (χ3n) is 5.04. The van der Waals surface area contributed by atoms with Crippen LogP contribution >= 0.6 is 0 Å². The van der Waals surface area contributed by atoms with Crippen LogP contribution in [0.4, 0.5) is 17.6 Å². The van der Waals surface area contributed by atoms with Crippen LogP contribution in [0.3, 0.4) is 0 Å². The SMILES string of the molecule is CCOC(=O)C(C)(c1cn(Cc2cccc(F)c2)c2cc(C#N)ccc12)C(F)(F)F. The molecule has 0 radical (unpaired) electrons. The molecule has 0 amide bonds. The Labute approximate surface area is 170 Å². The van der Waals surface area contributed by atoms with Crippen molar-refractivity contribution in [3.8, 4) is 6.07 Å². The average Bonchev–Trinajstić information content (AvgIpc) is 3.04. The van der Waals surface area contributed by atoms with Crippen molar-refractivity contribution in [2.24, 2.45) is 0 Å². The second kappa shape index (κ2) is 7.82. The molecule has 1 heterocycles. The molecule has 0 aliphatic carbocycles. The van der Waals surface area contributed by atoms with E-state index in [1.807, 2.05) is 6.07 Å². The van der Waals surface area contributed by atoms with E-state index < -0.39 is 23.4 Å². The number of halogens is 4. The topological polar surface area (TPSA) is 55.0 Å². The molecular weight excluding hydrogens is 400 g/mol.